The summed E-state index contributed by atoms with van der Waals surface area (Å²) in [6.07, 6.45) is -5.32. The number of rotatable bonds is 5. The van der Waals surface area contributed by atoms with E-state index >= 15 is 0 Å². The number of aliphatic hydroxyl groups excluding tert-OH is 2. The largest absolute Gasteiger partial charge is 0.475 e. The van der Waals surface area contributed by atoms with Crippen molar-refractivity contribution < 1.29 is 41.9 Å². The van der Waals surface area contributed by atoms with Gasteiger partial charge in [-0.1, -0.05) is 12.1 Å². The number of hydrogen-bond acceptors (Lipinski definition) is 10. The molecule has 0 amide bonds. The minimum absolute atomic E-state index is 0.0341. The fourth-order valence-electron chi connectivity index (χ4n) is 3.44. The van der Waals surface area contributed by atoms with Crippen LogP contribution >= 0.6 is 7.82 Å². The Morgan fingerprint density at radius 1 is 1.28 bits per heavy atom. The molecule has 2 fully saturated rings. The molecule has 2 aliphatic heterocycles. The van der Waals surface area contributed by atoms with Crippen LogP contribution in [0.25, 0.3) is 0 Å². The third-order valence-electron chi connectivity index (χ3n) is 5.07. The molecule has 1 aromatic heterocycles. The number of benzene rings is 1. The van der Waals surface area contributed by atoms with Crippen LogP contribution in [-0.2, 0) is 22.9 Å². The van der Waals surface area contributed by atoms with Gasteiger partial charge < -0.3 is 20.7 Å². The molecule has 0 bridgehead atoms. The zero-order chi connectivity index (χ0) is 23.0. The van der Waals surface area contributed by atoms with Crippen LogP contribution in [0.1, 0.15) is 24.3 Å². The van der Waals surface area contributed by atoms with E-state index in [0.717, 1.165) is 10.6 Å². The highest BCUT2D eigenvalue weighted by atomic mass is 31.2. The second kappa shape index (κ2) is 8.94. The van der Waals surface area contributed by atoms with Gasteiger partial charge in [-0.25, -0.2) is 18.1 Å². The first-order valence-electron chi connectivity index (χ1n) is 9.56. The van der Waals surface area contributed by atoms with E-state index in [1.165, 1.54) is 24.4 Å². The summed E-state index contributed by atoms with van der Waals surface area (Å²) >= 11 is 0. The van der Waals surface area contributed by atoms with E-state index in [-0.39, 0.29) is 24.4 Å². The van der Waals surface area contributed by atoms with Crippen molar-refractivity contribution in [1.82, 2.24) is 9.55 Å². The lowest BCUT2D eigenvalue weighted by Gasteiger charge is -2.30. The minimum Gasteiger partial charge on any atom is -0.387 e. The molecule has 0 radical (unpaired) electrons. The molecule has 4 rings (SSSR count). The molecule has 32 heavy (non-hydrogen) atoms. The molecule has 0 spiro atoms. The first-order chi connectivity index (χ1) is 15.2. The van der Waals surface area contributed by atoms with E-state index in [1.807, 2.05) is 0 Å². The van der Waals surface area contributed by atoms with Gasteiger partial charge >= 0.3 is 13.5 Å². The maximum absolute atomic E-state index is 14.1. The van der Waals surface area contributed by atoms with Crippen LogP contribution in [0.3, 0.4) is 0 Å². The monoisotopic (exact) mass is 475 g/mol. The number of phosphoric acid groups is 1. The Labute approximate surface area is 179 Å². The molecule has 14 heteroatoms. The highest BCUT2D eigenvalue weighted by Crippen LogP contribution is 2.57. The Bertz CT molecular complexity index is 1100. The topological polar surface area (TPSA) is 155 Å². The van der Waals surface area contributed by atoms with Gasteiger partial charge in [-0.15, -0.1) is 0 Å². The van der Waals surface area contributed by atoms with E-state index in [1.54, 1.807) is 0 Å². The SMILES string of the molecule is Nc1ccn([C@@H]2OC(CO[P@]3(=O)OCC[C@H](c4cccc(F)c4F)O3)[C@@H](O)[C@@H]2O)c(=O)n1. The molecule has 3 heterocycles. The summed E-state index contributed by atoms with van der Waals surface area (Å²) in [5, 5.41) is 20.5. The number of anilines is 1. The van der Waals surface area contributed by atoms with Crippen molar-refractivity contribution in [1.29, 1.82) is 0 Å². The van der Waals surface area contributed by atoms with Crippen molar-refractivity contribution in [2.75, 3.05) is 18.9 Å². The Kier molecular flexibility index (Phi) is 6.41. The van der Waals surface area contributed by atoms with Gasteiger partial charge in [0, 0.05) is 18.2 Å². The first kappa shape index (κ1) is 22.9. The lowest BCUT2D eigenvalue weighted by molar-refractivity contribution is -0.0610. The number of nitrogens with zero attached hydrogens (tertiary/aromatic N) is 2. The highest BCUT2D eigenvalue weighted by molar-refractivity contribution is 7.48. The van der Waals surface area contributed by atoms with E-state index in [0.29, 0.717) is 0 Å². The Hall–Kier alpha value is -2.25. The van der Waals surface area contributed by atoms with Gasteiger partial charge in [-0.05, 0) is 12.1 Å². The third-order valence-corrected chi connectivity index (χ3v) is 6.55. The lowest BCUT2D eigenvalue weighted by Crippen LogP contribution is -2.36. The van der Waals surface area contributed by atoms with Gasteiger partial charge in [0.15, 0.2) is 17.9 Å². The Morgan fingerprint density at radius 3 is 2.81 bits per heavy atom. The highest BCUT2D eigenvalue weighted by Gasteiger charge is 2.46. The molecule has 6 atom stereocenters. The number of halogens is 2. The molecule has 0 saturated carbocycles. The Morgan fingerprint density at radius 2 is 2.06 bits per heavy atom. The van der Waals surface area contributed by atoms with Crippen LogP contribution in [0, 0.1) is 11.6 Å². The zero-order valence-electron chi connectivity index (χ0n) is 16.4. The van der Waals surface area contributed by atoms with Gasteiger partial charge in [0.05, 0.1) is 19.3 Å². The lowest BCUT2D eigenvalue weighted by atomic mass is 10.1. The van der Waals surface area contributed by atoms with E-state index in [2.05, 4.69) is 4.98 Å². The molecule has 1 aromatic carbocycles. The molecule has 2 saturated heterocycles. The molecule has 11 nitrogen and oxygen atoms in total. The second-order valence-corrected chi connectivity index (χ2v) is 8.81. The average Bonchev–Trinajstić information content (AvgIpc) is 3.03. The number of aliphatic hydroxyl groups is 2. The van der Waals surface area contributed by atoms with Crippen molar-refractivity contribution in [2.24, 2.45) is 0 Å². The summed E-state index contributed by atoms with van der Waals surface area (Å²) in [5.74, 6) is -2.24. The summed E-state index contributed by atoms with van der Waals surface area (Å²) in [6.45, 7) is -0.675. The number of ether oxygens (including phenoxy) is 1. The summed E-state index contributed by atoms with van der Waals surface area (Å²) in [6, 6.07) is 4.83. The van der Waals surface area contributed by atoms with E-state index in [9.17, 15) is 28.4 Å². The van der Waals surface area contributed by atoms with Crippen molar-refractivity contribution >= 4 is 13.6 Å². The van der Waals surface area contributed by atoms with Gasteiger partial charge in [0.2, 0.25) is 0 Å². The average molecular weight is 475 g/mol. The molecular formula is C18H20F2N3O8P. The van der Waals surface area contributed by atoms with Gasteiger partial charge in [-0.3, -0.25) is 18.1 Å². The summed E-state index contributed by atoms with van der Waals surface area (Å²) in [5.41, 5.74) is 4.48. The van der Waals surface area contributed by atoms with Crippen LogP contribution in [0.5, 0.6) is 0 Å². The minimum atomic E-state index is -4.24. The van der Waals surface area contributed by atoms with Gasteiger partial charge in [0.1, 0.15) is 24.1 Å². The maximum Gasteiger partial charge on any atom is 0.475 e. The maximum atomic E-state index is 14.1. The predicted molar refractivity (Wildman–Crippen MR) is 103 cm³/mol. The summed E-state index contributed by atoms with van der Waals surface area (Å²) in [7, 11) is -4.24. The predicted octanol–water partition coefficient (Wildman–Crippen LogP) is 1.03. The number of aromatic nitrogens is 2. The number of phosphoric ester groups is 1. The molecule has 2 aromatic rings. The normalized spacial score (nSPS) is 32.8. The first-order valence-corrected chi connectivity index (χ1v) is 11.0. The number of nitrogens with two attached hydrogens (primary N) is 1. The van der Waals surface area contributed by atoms with Crippen LogP contribution in [-0.4, -0.2) is 51.3 Å². The van der Waals surface area contributed by atoms with E-state index < -0.39 is 62.4 Å². The van der Waals surface area contributed by atoms with Crippen molar-refractivity contribution in [3.63, 3.8) is 0 Å². The van der Waals surface area contributed by atoms with Crippen LogP contribution in [0.2, 0.25) is 0 Å². The molecular weight excluding hydrogens is 455 g/mol. The fourth-order valence-corrected chi connectivity index (χ4v) is 4.83. The van der Waals surface area contributed by atoms with Crippen LogP contribution < -0.4 is 11.4 Å². The number of hydrogen-bond donors (Lipinski definition) is 3. The standard InChI is InChI=1S/C18H20F2N3O8P/c19-10-3-1-2-9(14(10)20)11-5-7-28-32(27,31-11)29-8-12-15(24)16(25)17(30-12)23-6-4-13(21)22-18(23)26/h1-4,6,11-12,15-17,24-25H,5,7-8H2,(H2,21,22,26)/t11-,12?,15-,16+,17-,32+/m1/s1. The summed E-state index contributed by atoms with van der Waals surface area (Å²) < 4.78 is 62.4. The van der Waals surface area contributed by atoms with E-state index in [4.69, 9.17) is 24.0 Å². The molecule has 0 aliphatic carbocycles. The fraction of sp³-hybridized carbons (Fsp3) is 0.444. The molecule has 2 aliphatic rings. The molecule has 174 valence electrons. The van der Waals surface area contributed by atoms with Crippen LogP contribution in [0.15, 0.2) is 35.3 Å². The molecule has 1 unspecified atom stereocenters. The summed E-state index contributed by atoms with van der Waals surface area (Å²) in [4.78, 5) is 15.5. The Balaban J connectivity index is 1.44. The third kappa shape index (κ3) is 4.46. The van der Waals surface area contributed by atoms with Gasteiger partial charge in [-0.2, -0.15) is 4.98 Å². The second-order valence-electron chi connectivity index (χ2n) is 7.19. The zero-order valence-corrected chi connectivity index (χ0v) is 17.3. The smallest absolute Gasteiger partial charge is 0.387 e. The van der Waals surface area contributed by atoms with Crippen molar-refractivity contribution in [3.05, 3.63) is 58.1 Å². The van der Waals surface area contributed by atoms with Gasteiger partial charge in [0.25, 0.3) is 0 Å². The molecule has 4 N–H and O–H groups in total. The van der Waals surface area contributed by atoms with Crippen LogP contribution in [0.4, 0.5) is 14.6 Å². The quantitative estimate of drug-likeness (QED) is 0.534. The number of nitrogen functional groups attached to an aromatic ring is 1. The van der Waals surface area contributed by atoms with Crippen molar-refractivity contribution in [2.45, 2.75) is 37.1 Å². The van der Waals surface area contributed by atoms with Crippen molar-refractivity contribution in [3.8, 4) is 0 Å².